The van der Waals surface area contributed by atoms with Gasteiger partial charge in [0.15, 0.2) is 5.58 Å². The number of benzene rings is 1. The lowest BCUT2D eigenvalue weighted by molar-refractivity contribution is 0.523. The molecule has 1 aromatic carbocycles. The Labute approximate surface area is 108 Å². The fourth-order valence-corrected chi connectivity index (χ4v) is 1.98. The van der Waals surface area contributed by atoms with Crippen LogP contribution in [0.15, 0.2) is 28.7 Å². The third-order valence-corrected chi connectivity index (χ3v) is 2.77. The number of para-hydroxylation sites is 2. The number of nitrogens with zero attached hydrogens (tertiary/aromatic N) is 2. The average molecular weight is 247 g/mol. The zero-order valence-corrected chi connectivity index (χ0v) is 11.1. The number of nitrogens with two attached hydrogens (primary N) is 1. The van der Waals surface area contributed by atoms with Crippen LogP contribution in [0.25, 0.3) is 11.1 Å². The molecule has 2 rings (SSSR count). The smallest absolute Gasteiger partial charge is 0.298 e. The van der Waals surface area contributed by atoms with Crippen LogP contribution in [0.4, 0.5) is 6.01 Å². The lowest BCUT2D eigenvalue weighted by atomic mass is 10.2. The van der Waals surface area contributed by atoms with E-state index in [0.717, 1.165) is 30.6 Å². The molecule has 4 nitrogen and oxygen atoms in total. The van der Waals surface area contributed by atoms with E-state index < -0.39 is 0 Å². The number of hydrogen-bond acceptors (Lipinski definition) is 4. The topological polar surface area (TPSA) is 55.3 Å². The highest BCUT2D eigenvalue weighted by atomic mass is 16.4. The van der Waals surface area contributed by atoms with Crippen LogP contribution >= 0.6 is 0 Å². The van der Waals surface area contributed by atoms with Crippen molar-refractivity contribution in [1.82, 2.24) is 4.98 Å². The summed E-state index contributed by atoms with van der Waals surface area (Å²) < 4.78 is 5.80. The van der Waals surface area contributed by atoms with E-state index in [1.165, 1.54) is 0 Å². The Hall–Kier alpha value is -1.55. The van der Waals surface area contributed by atoms with Gasteiger partial charge in [-0.05, 0) is 31.0 Å². The first kappa shape index (κ1) is 12.9. The summed E-state index contributed by atoms with van der Waals surface area (Å²) in [5, 5.41) is 0. The van der Waals surface area contributed by atoms with Crippen LogP contribution in [0.5, 0.6) is 0 Å². The fraction of sp³-hybridized carbons (Fsp3) is 0.500. The third-order valence-electron chi connectivity index (χ3n) is 2.77. The standard InChI is InChI=1S/C14H21N3O/c1-11(2)10-17(9-5-8-15)14-16-12-6-3-4-7-13(12)18-14/h3-4,6-7,11H,5,8-10,15H2,1-2H3. The molecule has 0 amide bonds. The second kappa shape index (κ2) is 5.87. The van der Waals surface area contributed by atoms with Gasteiger partial charge in [-0.1, -0.05) is 26.0 Å². The second-order valence-electron chi connectivity index (χ2n) is 4.95. The molecule has 1 heterocycles. The Kier molecular flexibility index (Phi) is 4.20. The van der Waals surface area contributed by atoms with Gasteiger partial charge < -0.3 is 15.1 Å². The SMILES string of the molecule is CC(C)CN(CCCN)c1nc2ccccc2o1. The van der Waals surface area contributed by atoms with E-state index >= 15 is 0 Å². The molecule has 0 aliphatic rings. The van der Waals surface area contributed by atoms with Crippen molar-refractivity contribution in [3.05, 3.63) is 24.3 Å². The summed E-state index contributed by atoms with van der Waals surface area (Å²) in [7, 11) is 0. The summed E-state index contributed by atoms with van der Waals surface area (Å²) in [5.41, 5.74) is 7.34. The normalized spacial score (nSPS) is 11.3. The van der Waals surface area contributed by atoms with Crippen LogP contribution in [0.3, 0.4) is 0 Å². The van der Waals surface area contributed by atoms with Crippen molar-refractivity contribution in [3.63, 3.8) is 0 Å². The number of oxazole rings is 1. The van der Waals surface area contributed by atoms with Crippen LogP contribution in [0.2, 0.25) is 0 Å². The minimum absolute atomic E-state index is 0.567. The molecule has 0 bridgehead atoms. The zero-order chi connectivity index (χ0) is 13.0. The Morgan fingerprint density at radius 1 is 1.33 bits per heavy atom. The molecule has 98 valence electrons. The van der Waals surface area contributed by atoms with E-state index in [4.69, 9.17) is 10.2 Å². The van der Waals surface area contributed by atoms with Gasteiger partial charge in [-0.2, -0.15) is 4.98 Å². The molecule has 0 spiro atoms. The van der Waals surface area contributed by atoms with Crippen LogP contribution in [-0.2, 0) is 0 Å². The molecule has 2 N–H and O–H groups in total. The Bertz CT molecular complexity index is 459. The van der Waals surface area contributed by atoms with Gasteiger partial charge in [0.05, 0.1) is 0 Å². The van der Waals surface area contributed by atoms with Gasteiger partial charge in [-0.15, -0.1) is 0 Å². The molecule has 18 heavy (non-hydrogen) atoms. The first-order valence-electron chi connectivity index (χ1n) is 6.51. The van der Waals surface area contributed by atoms with Crippen molar-refractivity contribution >= 4 is 17.1 Å². The van der Waals surface area contributed by atoms with E-state index in [1.807, 2.05) is 24.3 Å². The monoisotopic (exact) mass is 247 g/mol. The molecule has 1 aromatic heterocycles. The zero-order valence-electron chi connectivity index (χ0n) is 11.1. The van der Waals surface area contributed by atoms with E-state index in [9.17, 15) is 0 Å². The molecule has 0 aliphatic heterocycles. The van der Waals surface area contributed by atoms with Crippen LogP contribution < -0.4 is 10.6 Å². The Morgan fingerprint density at radius 3 is 2.78 bits per heavy atom. The Balaban J connectivity index is 2.22. The molecule has 4 heteroatoms. The summed E-state index contributed by atoms with van der Waals surface area (Å²) in [6.07, 6.45) is 0.950. The van der Waals surface area contributed by atoms with Gasteiger partial charge in [0.2, 0.25) is 0 Å². The number of anilines is 1. The molecule has 0 saturated heterocycles. The van der Waals surface area contributed by atoms with Crippen molar-refractivity contribution in [1.29, 1.82) is 0 Å². The van der Waals surface area contributed by atoms with E-state index in [2.05, 4.69) is 23.7 Å². The Morgan fingerprint density at radius 2 is 2.11 bits per heavy atom. The average Bonchev–Trinajstić information content (AvgIpc) is 2.77. The van der Waals surface area contributed by atoms with Crippen molar-refractivity contribution < 1.29 is 4.42 Å². The van der Waals surface area contributed by atoms with Gasteiger partial charge in [-0.3, -0.25) is 0 Å². The van der Waals surface area contributed by atoms with E-state index in [0.29, 0.717) is 18.5 Å². The highest BCUT2D eigenvalue weighted by Crippen LogP contribution is 2.22. The summed E-state index contributed by atoms with van der Waals surface area (Å²) in [6.45, 7) is 6.90. The van der Waals surface area contributed by atoms with Gasteiger partial charge >= 0.3 is 0 Å². The first-order valence-corrected chi connectivity index (χ1v) is 6.51. The predicted molar refractivity (Wildman–Crippen MR) is 74.7 cm³/mol. The lowest BCUT2D eigenvalue weighted by Gasteiger charge is -2.22. The minimum Gasteiger partial charge on any atom is -0.423 e. The summed E-state index contributed by atoms with van der Waals surface area (Å²) in [5.74, 6) is 0.567. The molecular formula is C14H21N3O. The third kappa shape index (κ3) is 3.01. The maximum absolute atomic E-state index is 5.80. The van der Waals surface area contributed by atoms with Crippen LogP contribution in [-0.4, -0.2) is 24.6 Å². The van der Waals surface area contributed by atoms with Crippen molar-refractivity contribution in [2.24, 2.45) is 11.7 Å². The maximum atomic E-state index is 5.80. The van der Waals surface area contributed by atoms with Gasteiger partial charge in [0.25, 0.3) is 6.01 Å². The highest BCUT2D eigenvalue weighted by Gasteiger charge is 2.14. The predicted octanol–water partition coefficient (Wildman–Crippen LogP) is 2.64. The number of hydrogen-bond donors (Lipinski definition) is 1. The van der Waals surface area contributed by atoms with Crippen molar-refractivity contribution in [3.8, 4) is 0 Å². The first-order chi connectivity index (χ1) is 8.70. The summed E-state index contributed by atoms with van der Waals surface area (Å²) >= 11 is 0. The minimum atomic E-state index is 0.567. The van der Waals surface area contributed by atoms with Gasteiger partial charge in [-0.25, -0.2) is 0 Å². The van der Waals surface area contributed by atoms with Crippen molar-refractivity contribution in [2.75, 3.05) is 24.5 Å². The van der Waals surface area contributed by atoms with Crippen LogP contribution in [0, 0.1) is 5.92 Å². The van der Waals surface area contributed by atoms with Gasteiger partial charge in [0.1, 0.15) is 5.52 Å². The van der Waals surface area contributed by atoms with Crippen molar-refractivity contribution in [2.45, 2.75) is 20.3 Å². The van der Waals surface area contributed by atoms with Crippen LogP contribution in [0.1, 0.15) is 20.3 Å². The summed E-state index contributed by atoms with van der Waals surface area (Å²) in [6, 6.07) is 8.56. The number of fused-ring (bicyclic) bond motifs is 1. The number of rotatable bonds is 6. The lowest BCUT2D eigenvalue weighted by Crippen LogP contribution is -2.30. The van der Waals surface area contributed by atoms with E-state index in [-0.39, 0.29) is 0 Å². The fourth-order valence-electron chi connectivity index (χ4n) is 1.98. The highest BCUT2D eigenvalue weighted by molar-refractivity contribution is 5.74. The largest absolute Gasteiger partial charge is 0.423 e. The summed E-state index contributed by atoms with van der Waals surface area (Å²) in [4.78, 5) is 6.72. The molecule has 0 atom stereocenters. The second-order valence-corrected chi connectivity index (χ2v) is 4.95. The number of aromatic nitrogens is 1. The quantitative estimate of drug-likeness (QED) is 0.852. The molecule has 0 fully saturated rings. The molecule has 0 radical (unpaired) electrons. The molecule has 0 aliphatic carbocycles. The maximum Gasteiger partial charge on any atom is 0.298 e. The molecular weight excluding hydrogens is 226 g/mol. The molecule has 0 saturated carbocycles. The molecule has 0 unspecified atom stereocenters. The van der Waals surface area contributed by atoms with E-state index in [1.54, 1.807) is 0 Å². The van der Waals surface area contributed by atoms with Gasteiger partial charge in [0, 0.05) is 13.1 Å². The molecule has 2 aromatic rings.